The van der Waals surface area contributed by atoms with Gasteiger partial charge in [-0.25, -0.2) is 0 Å². The first kappa shape index (κ1) is 11.6. The van der Waals surface area contributed by atoms with Gasteiger partial charge in [0, 0.05) is 0 Å². The quantitative estimate of drug-likeness (QED) is 0.311. The maximum atomic E-state index is 11.7. The molecule has 0 aromatic heterocycles. The van der Waals surface area contributed by atoms with Gasteiger partial charge in [0.15, 0.2) is 6.79 Å². The molecule has 3 heteroatoms. The summed E-state index contributed by atoms with van der Waals surface area (Å²) >= 11 is 0. The first-order chi connectivity index (χ1) is 7.66. The van der Waals surface area contributed by atoms with Crippen molar-refractivity contribution in [2.75, 3.05) is 13.4 Å². The molecular formula is C13H20O3. The van der Waals surface area contributed by atoms with Gasteiger partial charge in [0.25, 0.3) is 0 Å². The van der Waals surface area contributed by atoms with Gasteiger partial charge in [-0.3, -0.25) is 4.79 Å². The van der Waals surface area contributed by atoms with Crippen LogP contribution in [-0.2, 0) is 14.3 Å². The zero-order chi connectivity index (χ0) is 11.5. The summed E-state index contributed by atoms with van der Waals surface area (Å²) in [6, 6.07) is 0. The lowest BCUT2D eigenvalue weighted by atomic mass is 9.94. The molecule has 2 rings (SSSR count). The third kappa shape index (κ3) is 2.64. The van der Waals surface area contributed by atoms with Crippen molar-refractivity contribution in [3.05, 3.63) is 12.2 Å². The number of allylic oxidation sites excluding steroid dienone is 2. The predicted molar refractivity (Wildman–Crippen MR) is 60.6 cm³/mol. The Morgan fingerprint density at radius 1 is 1.38 bits per heavy atom. The monoisotopic (exact) mass is 224 g/mol. The number of rotatable bonds is 5. The fourth-order valence-electron chi connectivity index (χ4n) is 2.54. The summed E-state index contributed by atoms with van der Waals surface area (Å²) in [4.78, 5) is 11.7. The van der Waals surface area contributed by atoms with Crippen molar-refractivity contribution in [2.45, 2.75) is 26.7 Å². The fourth-order valence-corrected chi connectivity index (χ4v) is 2.54. The average molecular weight is 224 g/mol. The van der Waals surface area contributed by atoms with Crippen LogP contribution in [-0.4, -0.2) is 19.4 Å². The molecular weight excluding hydrogens is 204 g/mol. The summed E-state index contributed by atoms with van der Waals surface area (Å²) in [5.41, 5.74) is 0. The van der Waals surface area contributed by atoms with Crippen LogP contribution in [0.3, 0.4) is 0 Å². The van der Waals surface area contributed by atoms with E-state index in [1.807, 2.05) is 0 Å². The standard InChI is InChI=1S/C13H20O3/c1-9(2)7-15-8-16-13(14)12-6-10-3-4-11(12)5-10/h3-4,9-12H,5-8H2,1-2H3. The molecule has 0 aliphatic heterocycles. The van der Waals surface area contributed by atoms with E-state index < -0.39 is 0 Å². The number of hydrogen-bond acceptors (Lipinski definition) is 3. The smallest absolute Gasteiger partial charge is 0.311 e. The van der Waals surface area contributed by atoms with Crippen LogP contribution in [0.25, 0.3) is 0 Å². The summed E-state index contributed by atoms with van der Waals surface area (Å²) in [6.07, 6.45) is 6.48. The Kier molecular flexibility index (Phi) is 3.64. The fraction of sp³-hybridized carbons (Fsp3) is 0.769. The zero-order valence-electron chi connectivity index (χ0n) is 10.0. The number of hydrogen-bond donors (Lipinski definition) is 0. The normalized spacial score (nSPS) is 31.3. The molecule has 0 amide bonds. The van der Waals surface area contributed by atoms with E-state index in [4.69, 9.17) is 9.47 Å². The molecule has 2 aliphatic carbocycles. The first-order valence-electron chi connectivity index (χ1n) is 6.09. The second-order valence-corrected chi connectivity index (χ2v) is 5.23. The minimum Gasteiger partial charge on any atom is -0.438 e. The number of ether oxygens (including phenoxy) is 2. The van der Waals surface area contributed by atoms with Gasteiger partial charge >= 0.3 is 5.97 Å². The highest BCUT2D eigenvalue weighted by atomic mass is 16.7. The van der Waals surface area contributed by atoms with Crippen molar-refractivity contribution >= 4 is 5.97 Å². The van der Waals surface area contributed by atoms with Crippen molar-refractivity contribution in [1.29, 1.82) is 0 Å². The number of esters is 1. The van der Waals surface area contributed by atoms with E-state index in [2.05, 4.69) is 26.0 Å². The van der Waals surface area contributed by atoms with Crippen LogP contribution < -0.4 is 0 Å². The molecule has 0 aromatic rings. The molecule has 3 nitrogen and oxygen atoms in total. The lowest BCUT2D eigenvalue weighted by molar-refractivity contribution is -0.162. The molecule has 0 heterocycles. The van der Waals surface area contributed by atoms with Crippen molar-refractivity contribution < 1.29 is 14.3 Å². The van der Waals surface area contributed by atoms with Crippen molar-refractivity contribution in [3.8, 4) is 0 Å². The number of carbonyl (C=O) groups excluding carboxylic acids is 1. The molecule has 0 aromatic carbocycles. The van der Waals surface area contributed by atoms with Crippen LogP contribution in [0.1, 0.15) is 26.7 Å². The highest BCUT2D eigenvalue weighted by Crippen LogP contribution is 2.43. The summed E-state index contributed by atoms with van der Waals surface area (Å²) in [5, 5.41) is 0. The molecule has 1 saturated carbocycles. The van der Waals surface area contributed by atoms with Gasteiger partial charge in [-0.15, -0.1) is 0 Å². The highest BCUT2D eigenvalue weighted by molar-refractivity contribution is 5.74. The first-order valence-corrected chi connectivity index (χ1v) is 6.09. The van der Waals surface area contributed by atoms with E-state index >= 15 is 0 Å². The molecule has 0 spiro atoms. The lowest BCUT2D eigenvalue weighted by Crippen LogP contribution is -2.23. The SMILES string of the molecule is CC(C)COCOC(=O)C1CC2C=CC1C2. The Morgan fingerprint density at radius 3 is 2.75 bits per heavy atom. The van der Waals surface area contributed by atoms with Crippen molar-refractivity contribution in [3.63, 3.8) is 0 Å². The summed E-state index contributed by atoms with van der Waals surface area (Å²) in [6.45, 7) is 4.89. The molecule has 0 radical (unpaired) electrons. The summed E-state index contributed by atoms with van der Waals surface area (Å²) in [5.74, 6) is 1.50. The predicted octanol–water partition coefficient (Wildman–Crippen LogP) is 2.37. The molecule has 2 bridgehead atoms. The molecule has 90 valence electrons. The molecule has 3 unspecified atom stereocenters. The van der Waals surface area contributed by atoms with Gasteiger partial charge in [-0.05, 0) is 30.6 Å². The van der Waals surface area contributed by atoms with Gasteiger partial charge in [0.1, 0.15) is 0 Å². The zero-order valence-corrected chi connectivity index (χ0v) is 10.0. The second-order valence-electron chi connectivity index (χ2n) is 5.23. The minimum atomic E-state index is -0.0828. The molecule has 16 heavy (non-hydrogen) atoms. The third-order valence-electron chi connectivity index (χ3n) is 3.32. The number of fused-ring (bicyclic) bond motifs is 2. The van der Waals surface area contributed by atoms with E-state index in [1.165, 1.54) is 0 Å². The van der Waals surface area contributed by atoms with Crippen LogP contribution in [0.5, 0.6) is 0 Å². The minimum absolute atomic E-state index is 0.0812. The highest BCUT2D eigenvalue weighted by Gasteiger charge is 2.40. The Labute approximate surface area is 96.8 Å². The Bertz CT molecular complexity index is 283. The summed E-state index contributed by atoms with van der Waals surface area (Å²) < 4.78 is 10.4. The maximum Gasteiger partial charge on any atom is 0.311 e. The molecule has 0 N–H and O–H groups in total. The molecule has 1 fully saturated rings. The Balaban J connectivity index is 1.67. The van der Waals surface area contributed by atoms with Crippen LogP contribution >= 0.6 is 0 Å². The van der Waals surface area contributed by atoms with Crippen LogP contribution in [0, 0.1) is 23.7 Å². The topological polar surface area (TPSA) is 35.5 Å². The molecule has 0 saturated heterocycles. The van der Waals surface area contributed by atoms with Gasteiger partial charge in [-0.2, -0.15) is 0 Å². The Hall–Kier alpha value is -0.830. The molecule has 3 atom stereocenters. The molecule has 2 aliphatic rings. The largest absolute Gasteiger partial charge is 0.438 e. The van der Waals surface area contributed by atoms with Gasteiger partial charge in [0.05, 0.1) is 12.5 Å². The van der Waals surface area contributed by atoms with E-state index in [9.17, 15) is 4.79 Å². The average Bonchev–Trinajstić information content (AvgIpc) is 2.85. The summed E-state index contributed by atoms with van der Waals surface area (Å²) in [7, 11) is 0. The van der Waals surface area contributed by atoms with E-state index in [0.29, 0.717) is 24.4 Å². The van der Waals surface area contributed by atoms with Crippen LogP contribution in [0.2, 0.25) is 0 Å². The van der Waals surface area contributed by atoms with Gasteiger partial charge in [-0.1, -0.05) is 26.0 Å². The van der Waals surface area contributed by atoms with Crippen molar-refractivity contribution in [1.82, 2.24) is 0 Å². The van der Waals surface area contributed by atoms with Crippen molar-refractivity contribution in [2.24, 2.45) is 23.7 Å². The van der Waals surface area contributed by atoms with E-state index in [-0.39, 0.29) is 18.7 Å². The van der Waals surface area contributed by atoms with Gasteiger partial charge in [0.2, 0.25) is 0 Å². The third-order valence-corrected chi connectivity index (χ3v) is 3.32. The second kappa shape index (κ2) is 5.00. The van der Waals surface area contributed by atoms with E-state index in [1.54, 1.807) is 0 Å². The number of carbonyl (C=O) groups is 1. The van der Waals surface area contributed by atoms with E-state index in [0.717, 1.165) is 12.8 Å². The van der Waals surface area contributed by atoms with Crippen LogP contribution in [0.15, 0.2) is 12.2 Å². The Morgan fingerprint density at radius 2 is 2.19 bits per heavy atom. The van der Waals surface area contributed by atoms with Gasteiger partial charge < -0.3 is 9.47 Å². The van der Waals surface area contributed by atoms with Crippen LogP contribution in [0.4, 0.5) is 0 Å². The maximum absolute atomic E-state index is 11.7. The lowest BCUT2D eigenvalue weighted by Gasteiger charge is -2.16.